The molecule has 2 nitrogen and oxygen atoms in total. The van der Waals surface area contributed by atoms with Gasteiger partial charge in [-0.15, -0.1) is 0 Å². The van der Waals surface area contributed by atoms with Crippen LogP contribution in [-0.2, 0) is 0 Å². The van der Waals surface area contributed by atoms with Crippen molar-refractivity contribution in [3.63, 3.8) is 0 Å². The fourth-order valence-electron chi connectivity index (χ4n) is 1.71. The van der Waals surface area contributed by atoms with Crippen molar-refractivity contribution in [1.82, 2.24) is 4.90 Å². The van der Waals surface area contributed by atoms with Gasteiger partial charge in [-0.25, -0.2) is 0 Å². The molecule has 1 aliphatic heterocycles. The Labute approximate surface area is 96.6 Å². The van der Waals surface area contributed by atoms with E-state index in [0.29, 0.717) is 11.0 Å². The summed E-state index contributed by atoms with van der Waals surface area (Å²) in [6, 6.07) is 0.872. The van der Waals surface area contributed by atoms with E-state index < -0.39 is 0 Å². The van der Waals surface area contributed by atoms with E-state index in [-0.39, 0.29) is 6.04 Å². The number of thiocarbonyl (C=S) groups is 1. The van der Waals surface area contributed by atoms with Crippen LogP contribution in [0.25, 0.3) is 0 Å². The van der Waals surface area contributed by atoms with Gasteiger partial charge in [-0.2, -0.15) is 11.8 Å². The van der Waals surface area contributed by atoms with E-state index in [0.717, 1.165) is 5.25 Å². The Morgan fingerprint density at radius 1 is 1.57 bits per heavy atom. The lowest BCUT2D eigenvalue weighted by molar-refractivity contribution is 0.225. The lowest BCUT2D eigenvalue weighted by atomic mass is 10.1. The predicted octanol–water partition coefficient (Wildman–Crippen LogP) is 1.88. The molecule has 3 unspecified atom stereocenters. The molecule has 1 saturated heterocycles. The van der Waals surface area contributed by atoms with Crippen LogP contribution < -0.4 is 5.73 Å². The molecule has 0 amide bonds. The smallest absolute Gasteiger partial charge is 0.0899 e. The summed E-state index contributed by atoms with van der Waals surface area (Å²) in [6.07, 6.45) is 2.58. The topological polar surface area (TPSA) is 29.3 Å². The molecule has 0 aromatic carbocycles. The van der Waals surface area contributed by atoms with Gasteiger partial charge in [0.1, 0.15) is 0 Å². The first kappa shape index (κ1) is 12.3. The number of thioether (sulfide) groups is 1. The van der Waals surface area contributed by atoms with Gasteiger partial charge in [-0.3, -0.25) is 4.90 Å². The van der Waals surface area contributed by atoms with Crippen molar-refractivity contribution in [3.8, 4) is 0 Å². The van der Waals surface area contributed by atoms with Gasteiger partial charge in [-0.05, 0) is 26.8 Å². The van der Waals surface area contributed by atoms with Crippen molar-refractivity contribution in [3.05, 3.63) is 0 Å². The van der Waals surface area contributed by atoms with Crippen LogP contribution in [0.15, 0.2) is 0 Å². The van der Waals surface area contributed by atoms with Crippen LogP contribution in [0.2, 0.25) is 0 Å². The minimum atomic E-state index is 0.226. The van der Waals surface area contributed by atoms with E-state index in [9.17, 15) is 0 Å². The molecule has 0 aromatic heterocycles. The van der Waals surface area contributed by atoms with Gasteiger partial charge < -0.3 is 5.73 Å². The average Bonchev–Trinajstić information content (AvgIpc) is 2.16. The zero-order valence-corrected chi connectivity index (χ0v) is 10.8. The van der Waals surface area contributed by atoms with Crippen LogP contribution in [-0.4, -0.2) is 40.0 Å². The minimum absolute atomic E-state index is 0.226. The molecule has 82 valence electrons. The van der Waals surface area contributed by atoms with Crippen molar-refractivity contribution in [2.45, 2.75) is 44.0 Å². The first-order valence-corrected chi connectivity index (χ1v) is 6.61. The second-order valence-corrected chi connectivity index (χ2v) is 6.06. The molecule has 2 N–H and O–H groups in total. The standard InChI is InChI=1S/C10H20N2S2/c1-7-4-5-9(6-14-7)12(3)8(2)10(11)13/h7-9H,4-6H2,1-3H3,(H2,11,13). The Hall–Kier alpha value is 0.200. The number of hydrogen-bond acceptors (Lipinski definition) is 3. The Kier molecular flexibility index (Phi) is 4.67. The molecule has 1 heterocycles. The van der Waals surface area contributed by atoms with Crippen molar-refractivity contribution in [1.29, 1.82) is 0 Å². The highest BCUT2D eigenvalue weighted by atomic mass is 32.2. The van der Waals surface area contributed by atoms with E-state index in [4.69, 9.17) is 18.0 Å². The maximum atomic E-state index is 5.65. The predicted molar refractivity (Wildman–Crippen MR) is 69.0 cm³/mol. The van der Waals surface area contributed by atoms with Crippen molar-refractivity contribution in [2.24, 2.45) is 5.73 Å². The van der Waals surface area contributed by atoms with E-state index >= 15 is 0 Å². The summed E-state index contributed by atoms with van der Waals surface area (Å²) in [5.41, 5.74) is 5.65. The van der Waals surface area contributed by atoms with Gasteiger partial charge in [0.25, 0.3) is 0 Å². The number of rotatable bonds is 3. The SMILES string of the molecule is CC1CCC(N(C)C(C)C(N)=S)CS1. The molecule has 1 aliphatic rings. The number of likely N-dealkylation sites (N-methyl/N-ethyl adjacent to an activating group) is 1. The van der Waals surface area contributed by atoms with Crippen molar-refractivity contribution in [2.75, 3.05) is 12.8 Å². The van der Waals surface area contributed by atoms with Crippen LogP contribution in [0.1, 0.15) is 26.7 Å². The van der Waals surface area contributed by atoms with Gasteiger partial charge >= 0.3 is 0 Å². The molecular weight excluding hydrogens is 212 g/mol. The average molecular weight is 232 g/mol. The maximum absolute atomic E-state index is 5.65. The zero-order chi connectivity index (χ0) is 10.7. The molecule has 0 aliphatic carbocycles. The van der Waals surface area contributed by atoms with E-state index in [2.05, 4.69) is 37.6 Å². The summed E-state index contributed by atoms with van der Waals surface area (Å²) in [5, 5.41) is 0.819. The second kappa shape index (κ2) is 5.33. The fraction of sp³-hybridized carbons (Fsp3) is 0.900. The van der Waals surface area contributed by atoms with Gasteiger partial charge in [0.05, 0.1) is 11.0 Å². The Balaban J connectivity index is 2.45. The molecule has 14 heavy (non-hydrogen) atoms. The Morgan fingerprint density at radius 3 is 2.64 bits per heavy atom. The largest absolute Gasteiger partial charge is 0.392 e. The zero-order valence-electron chi connectivity index (χ0n) is 9.19. The van der Waals surface area contributed by atoms with Gasteiger partial charge in [0.15, 0.2) is 0 Å². The molecule has 1 rings (SSSR count). The monoisotopic (exact) mass is 232 g/mol. The summed E-state index contributed by atoms with van der Waals surface area (Å²) in [6.45, 7) is 4.39. The van der Waals surface area contributed by atoms with Crippen LogP contribution in [0.3, 0.4) is 0 Å². The van der Waals surface area contributed by atoms with Gasteiger partial charge in [0, 0.05) is 17.0 Å². The van der Waals surface area contributed by atoms with Gasteiger partial charge in [-0.1, -0.05) is 19.1 Å². The summed E-state index contributed by atoms with van der Waals surface area (Å²) < 4.78 is 0. The third-order valence-corrected chi connectivity index (χ3v) is 4.80. The summed E-state index contributed by atoms with van der Waals surface area (Å²) in [4.78, 5) is 2.93. The van der Waals surface area contributed by atoms with Gasteiger partial charge in [0.2, 0.25) is 0 Å². The van der Waals surface area contributed by atoms with Crippen LogP contribution in [0.4, 0.5) is 0 Å². The van der Waals surface area contributed by atoms with Crippen LogP contribution in [0, 0.1) is 0 Å². The molecule has 0 saturated carbocycles. The molecule has 4 heteroatoms. The maximum Gasteiger partial charge on any atom is 0.0899 e. The van der Waals surface area contributed by atoms with Crippen molar-refractivity contribution >= 4 is 29.0 Å². The molecule has 1 fully saturated rings. The summed E-state index contributed by atoms with van der Waals surface area (Å²) >= 11 is 7.07. The third-order valence-electron chi connectivity index (χ3n) is 3.08. The molecule has 0 radical (unpaired) electrons. The fourth-order valence-corrected chi connectivity index (χ4v) is 3.13. The normalized spacial score (nSPS) is 30.3. The second-order valence-electron chi connectivity index (χ2n) is 4.12. The molecule has 3 atom stereocenters. The number of nitrogens with zero attached hydrogens (tertiary/aromatic N) is 1. The van der Waals surface area contributed by atoms with Crippen molar-refractivity contribution < 1.29 is 0 Å². The molecule has 0 bridgehead atoms. The highest BCUT2D eigenvalue weighted by Gasteiger charge is 2.25. The summed E-state index contributed by atoms with van der Waals surface area (Å²) in [5.74, 6) is 1.21. The quantitative estimate of drug-likeness (QED) is 0.752. The van der Waals surface area contributed by atoms with Crippen LogP contribution in [0.5, 0.6) is 0 Å². The molecule has 0 aromatic rings. The highest BCUT2D eigenvalue weighted by molar-refractivity contribution is 7.99. The summed E-state index contributed by atoms with van der Waals surface area (Å²) in [7, 11) is 2.13. The first-order valence-electron chi connectivity index (χ1n) is 5.15. The van der Waals surface area contributed by atoms with E-state index in [1.165, 1.54) is 18.6 Å². The minimum Gasteiger partial charge on any atom is -0.392 e. The highest BCUT2D eigenvalue weighted by Crippen LogP contribution is 2.27. The molecular formula is C10H20N2S2. The van der Waals surface area contributed by atoms with E-state index in [1.807, 2.05) is 0 Å². The number of nitrogens with two attached hydrogens (primary N) is 1. The Bertz CT molecular complexity index is 200. The van der Waals surface area contributed by atoms with Crippen LogP contribution >= 0.6 is 24.0 Å². The third kappa shape index (κ3) is 3.11. The lowest BCUT2D eigenvalue weighted by Gasteiger charge is -2.36. The molecule has 0 spiro atoms. The van der Waals surface area contributed by atoms with E-state index in [1.54, 1.807) is 0 Å². The Morgan fingerprint density at radius 2 is 2.21 bits per heavy atom. The number of hydrogen-bond donors (Lipinski definition) is 1. The first-order chi connectivity index (χ1) is 6.52. The lowest BCUT2D eigenvalue weighted by Crippen LogP contribution is -2.47.